The number of amides is 1. The van der Waals surface area contributed by atoms with Crippen molar-refractivity contribution in [1.82, 2.24) is 9.88 Å². The Morgan fingerprint density at radius 1 is 1.32 bits per heavy atom. The summed E-state index contributed by atoms with van der Waals surface area (Å²) >= 11 is 0. The molecule has 0 saturated carbocycles. The number of alkyl halides is 3. The maximum absolute atomic E-state index is 13.4. The van der Waals surface area contributed by atoms with Crippen LogP contribution in [0.25, 0.3) is 0 Å². The molecule has 2 aliphatic rings. The molecule has 2 atom stereocenters. The third kappa shape index (κ3) is 3.83. The number of hydrogen-bond acceptors (Lipinski definition) is 5. The van der Waals surface area contributed by atoms with Gasteiger partial charge in [-0.1, -0.05) is 0 Å². The van der Waals surface area contributed by atoms with Gasteiger partial charge in [0.05, 0.1) is 29.4 Å². The molecule has 1 N–H and O–H groups in total. The summed E-state index contributed by atoms with van der Waals surface area (Å²) in [4.78, 5) is 20.4. The molecular weight excluding hydrogens is 409 g/mol. The van der Waals surface area contributed by atoms with E-state index in [1.54, 1.807) is 29.3 Å². The van der Waals surface area contributed by atoms with Crippen LogP contribution in [0.15, 0.2) is 42.7 Å². The van der Waals surface area contributed by atoms with Gasteiger partial charge < -0.3 is 14.9 Å². The molecule has 0 radical (unpaired) electrons. The van der Waals surface area contributed by atoms with Crippen LogP contribution in [0.4, 0.5) is 18.9 Å². The summed E-state index contributed by atoms with van der Waals surface area (Å²) < 4.78 is 40.1. The summed E-state index contributed by atoms with van der Waals surface area (Å²) in [5, 5.41) is 19.2. The number of benzene rings is 1. The van der Waals surface area contributed by atoms with Crippen molar-refractivity contribution in [2.45, 2.75) is 12.6 Å². The van der Waals surface area contributed by atoms with E-state index in [1.165, 1.54) is 18.3 Å². The molecule has 31 heavy (non-hydrogen) atoms. The molecule has 3 heterocycles. The molecular formula is C22H21F3N4O2. The monoisotopic (exact) mass is 430 g/mol. The first kappa shape index (κ1) is 21.1. The number of aromatic nitrogens is 1. The number of nitrogens with zero attached hydrogens (tertiary/aromatic N) is 4. The minimum absolute atomic E-state index is 0.0862. The number of piperidine rings is 1. The number of carbonyl (C=O) groups excluding carboxylic acids is 1. The molecule has 2 saturated heterocycles. The van der Waals surface area contributed by atoms with Crippen LogP contribution in [0.2, 0.25) is 0 Å². The molecule has 2 fully saturated rings. The molecule has 0 spiro atoms. The number of pyridine rings is 1. The summed E-state index contributed by atoms with van der Waals surface area (Å²) in [5.74, 6) is -0.253. The summed E-state index contributed by atoms with van der Waals surface area (Å²) in [7, 11) is 0. The Kier molecular flexibility index (Phi) is 5.35. The van der Waals surface area contributed by atoms with E-state index in [-0.39, 0.29) is 18.4 Å². The SMILES string of the molecule is N#Cc1ccc(N2CC[C@@]3(CO)CN(C(=O)c4cccnc4)C[C@H]3C2)cc1C(F)(F)F. The number of halogens is 3. The van der Waals surface area contributed by atoms with Gasteiger partial charge in [-0.05, 0) is 36.8 Å². The Hall–Kier alpha value is -3.12. The van der Waals surface area contributed by atoms with Gasteiger partial charge in [-0.2, -0.15) is 18.4 Å². The predicted molar refractivity (Wildman–Crippen MR) is 106 cm³/mol. The minimum atomic E-state index is -4.62. The molecule has 0 aliphatic carbocycles. The van der Waals surface area contributed by atoms with Gasteiger partial charge in [0.25, 0.3) is 5.91 Å². The van der Waals surface area contributed by atoms with Gasteiger partial charge in [-0.15, -0.1) is 0 Å². The number of anilines is 1. The number of aliphatic hydroxyl groups is 1. The molecule has 6 nitrogen and oxygen atoms in total. The highest BCUT2D eigenvalue weighted by Crippen LogP contribution is 2.44. The Morgan fingerprint density at radius 3 is 2.77 bits per heavy atom. The van der Waals surface area contributed by atoms with Crippen molar-refractivity contribution in [2.75, 3.05) is 37.7 Å². The molecule has 1 aromatic heterocycles. The number of rotatable bonds is 3. The van der Waals surface area contributed by atoms with Crippen LogP contribution in [0.3, 0.4) is 0 Å². The second-order valence-electron chi connectivity index (χ2n) is 8.18. The molecule has 0 unspecified atom stereocenters. The highest BCUT2D eigenvalue weighted by Gasteiger charge is 2.50. The lowest BCUT2D eigenvalue weighted by Gasteiger charge is -2.43. The number of nitriles is 1. The second-order valence-corrected chi connectivity index (χ2v) is 8.18. The van der Waals surface area contributed by atoms with Crippen LogP contribution in [-0.2, 0) is 6.18 Å². The minimum Gasteiger partial charge on any atom is -0.396 e. The first-order valence-electron chi connectivity index (χ1n) is 9.94. The summed E-state index contributed by atoms with van der Waals surface area (Å²) in [6, 6.07) is 8.69. The number of carbonyl (C=O) groups is 1. The van der Waals surface area contributed by atoms with E-state index >= 15 is 0 Å². The van der Waals surface area contributed by atoms with Crippen LogP contribution < -0.4 is 4.90 Å². The normalized spacial score (nSPS) is 23.4. The van der Waals surface area contributed by atoms with Crippen LogP contribution in [0, 0.1) is 22.7 Å². The van der Waals surface area contributed by atoms with Gasteiger partial charge in [-0.3, -0.25) is 9.78 Å². The van der Waals surface area contributed by atoms with Gasteiger partial charge in [0.1, 0.15) is 0 Å². The van der Waals surface area contributed by atoms with Crippen molar-refractivity contribution < 1.29 is 23.1 Å². The molecule has 4 rings (SSSR count). The lowest BCUT2D eigenvalue weighted by atomic mass is 9.73. The Morgan fingerprint density at radius 2 is 2.13 bits per heavy atom. The van der Waals surface area contributed by atoms with Crippen LogP contribution in [-0.4, -0.2) is 53.7 Å². The molecule has 1 amide bonds. The van der Waals surface area contributed by atoms with E-state index in [0.717, 1.165) is 6.07 Å². The fourth-order valence-electron chi connectivity index (χ4n) is 4.66. The third-order valence-corrected chi connectivity index (χ3v) is 6.44. The van der Waals surface area contributed by atoms with Crippen LogP contribution in [0.5, 0.6) is 0 Å². The fourth-order valence-corrected chi connectivity index (χ4v) is 4.66. The highest BCUT2D eigenvalue weighted by atomic mass is 19.4. The standard InChI is InChI=1S/C22H21F3N4O2/c23-22(24,25)19-8-18(4-3-15(19)9-26)28-7-5-21(14-30)13-29(12-17(21)11-28)20(31)16-2-1-6-27-10-16/h1-4,6,8,10,17,30H,5,7,11-14H2/t17-,21+/m1/s1. The summed E-state index contributed by atoms with van der Waals surface area (Å²) in [6.07, 6.45) is -0.990. The van der Waals surface area contributed by atoms with Crippen molar-refractivity contribution in [3.05, 3.63) is 59.4 Å². The van der Waals surface area contributed by atoms with E-state index in [9.17, 15) is 23.1 Å². The Bertz CT molecular complexity index is 1020. The van der Waals surface area contributed by atoms with E-state index in [2.05, 4.69) is 4.98 Å². The van der Waals surface area contributed by atoms with Crippen molar-refractivity contribution in [2.24, 2.45) is 11.3 Å². The van der Waals surface area contributed by atoms with E-state index in [1.807, 2.05) is 4.90 Å². The zero-order valence-corrected chi connectivity index (χ0v) is 16.6. The van der Waals surface area contributed by atoms with Crippen molar-refractivity contribution in [1.29, 1.82) is 5.26 Å². The number of likely N-dealkylation sites (tertiary alicyclic amines) is 1. The van der Waals surface area contributed by atoms with Gasteiger partial charge in [0, 0.05) is 55.6 Å². The fraction of sp³-hybridized carbons (Fsp3) is 0.409. The number of aliphatic hydroxyl groups excluding tert-OH is 1. The molecule has 2 aliphatic heterocycles. The number of hydrogen-bond donors (Lipinski definition) is 1. The zero-order chi connectivity index (χ0) is 22.2. The zero-order valence-electron chi connectivity index (χ0n) is 16.6. The Labute approximate surface area is 177 Å². The van der Waals surface area contributed by atoms with Crippen LogP contribution >= 0.6 is 0 Å². The van der Waals surface area contributed by atoms with E-state index < -0.39 is 22.7 Å². The molecule has 2 aromatic rings. The summed E-state index contributed by atoms with van der Waals surface area (Å²) in [6.45, 7) is 1.59. The number of fused-ring (bicyclic) bond motifs is 1. The predicted octanol–water partition coefficient (Wildman–Crippen LogP) is 2.93. The van der Waals surface area contributed by atoms with Crippen molar-refractivity contribution >= 4 is 11.6 Å². The van der Waals surface area contributed by atoms with Gasteiger partial charge in [-0.25, -0.2) is 0 Å². The lowest BCUT2D eigenvalue weighted by Crippen LogP contribution is -2.49. The molecule has 162 valence electrons. The average molecular weight is 430 g/mol. The smallest absolute Gasteiger partial charge is 0.396 e. The Balaban J connectivity index is 1.57. The van der Waals surface area contributed by atoms with Crippen molar-refractivity contribution in [3.8, 4) is 6.07 Å². The first-order chi connectivity index (χ1) is 14.8. The topological polar surface area (TPSA) is 80.5 Å². The molecule has 1 aromatic carbocycles. The lowest BCUT2D eigenvalue weighted by molar-refractivity contribution is -0.137. The summed E-state index contributed by atoms with van der Waals surface area (Å²) in [5.41, 5.74) is -0.991. The largest absolute Gasteiger partial charge is 0.417 e. The van der Waals surface area contributed by atoms with E-state index in [4.69, 9.17) is 5.26 Å². The second kappa shape index (κ2) is 7.85. The van der Waals surface area contributed by atoms with Gasteiger partial charge in [0.2, 0.25) is 0 Å². The molecule has 9 heteroatoms. The van der Waals surface area contributed by atoms with E-state index in [0.29, 0.717) is 43.9 Å². The maximum Gasteiger partial charge on any atom is 0.417 e. The quantitative estimate of drug-likeness (QED) is 0.810. The molecule has 0 bridgehead atoms. The maximum atomic E-state index is 13.4. The third-order valence-electron chi connectivity index (χ3n) is 6.44. The van der Waals surface area contributed by atoms with Gasteiger partial charge >= 0.3 is 6.18 Å². The first-order valence-corrected chi connectivity index (χ1v) is 9.94. The van der Waals surface area contributed by atoms with Crippen molar-refractivity contribution in [3.63, 3.8) is 0 Å². The van der Waals surface area contributed by atoms with Crippen LogP contribution in [0.1, 0.15) is 27.9 Å². The highest BCUT2D eigenvalue weighted by molar-refractivity contribution is 5.94. The average Bonchev–Trinajstić information content (AvgIpc) is 3.17. The van der Waals surface area contributed by atoms with Gasteiger partial charge in [0.15, 0.2) is 0 Å².